The number of likely N-dealkylation sites (N-methyl/N-ethyl adjacent to an activating group) is 1. The Hall–Kier alpha value is -2.77. The molecule has 0 aliphatic carbocycles. The van der Waals surface area contributed by atoms with Gasteiger partial charge in [-0.2, -0.15) is 0 Å². The number of pyridine rings is 1. The maximum absolute atomic E-state index is 13.0. The molecule has 0 aromatic carbocycles. The summed E-state index contributed by atoms with van der Waals surface area (Å²) in [5.74, 6) is -0.194. The quantitative estimate of drug-likeness (QED) is 0.775. The van der Waals surface area contributed by atoms with E-state index >= 15 is 0 Å². The minimum atomic E-state index is -0.160. The number of nitrogens with zero attached hydrogens (tertiary/aromatic N) is 6. The van der Waals surface area contributed by atoms with Crippen LogP contribution in [0.15, 0.2) is 30.6 Å². The molecule has 1 aliphatic heterocycles. The lowest BCUT2D eigenvalue weighted by Gasteiger charge is -2.34. The Morgan fingerprint density at radius 3 is 2.74 bits per heavy atom. The van der Waals surface area contributed by atoms with Crippen molar-refractivity contribution in [3.8, 4) is 0 Å². The second-order valence-electron chi connectivity index (χ2n) is 6.63. The first kappa shape index (κ1) is 19.0. The minimum absolute atomic E-state index is 0.0340. The van der Waals surface area contributed by atoms with E-state index in [0.29, 0.717) is 19.6 Å². The molecule has 3 rings (SSSR count). The zero-order valence-corrected chi connectivity index (χ0v) is 15.9. The highest BCUT2D eigenvalue weighted by molar-refractivity contribution is 5.92. The molecule has 8 nitrogen and oxygen atoms in total. The third-order valence-corrected chi connectivity index (χ3v) is 4.96. The van der Waals surface area contributed by atoms with Crippen LogP contribution < -0.4 is 0 Å². The van der Waals surface area contributed by atoms with E-state index < -0.39 is 0 Å². The number of amides is 2. The molecule has 1 saturated heterocycles. The van der Waals surface area contributed by atoms with E-state index in [1.807, 2.05) is 36.9 Å². The van der Waals surface area contributed by atoms with Crippen molar-refractivity contribution in [2.75, 3.05) is 19.6 Å². The van der Waals surface area contributed by atoms with Gasteiger partial charge in [0.15, 0.2) is 5.69 Å². The van der Waals surface area contributed by atoms with E-state index in [4.69, 9.17) is 0 Å². The van der Waals surface area contributed by atoms with Gasteiger partial charge in [-0.25, -0.2) is 4.68 Å². The van der Waals surface area contributed by atoms with Gasteiger partial charge in [-0.1, -0.05) is 11.3 Å². The molecule has 3 heterocycles. The normalized spacial score (nSPS) is 17.0. The summed E-state index contributed by atoms with van der Waals surface area (Å²) in [6.07, 6.45) is 6.23. The van der Waals surface area contributed by atoms with Crippen LogP contribution in [0, 0.1) is 0 Å². The molecular weight excluding hydrogens is 344 g/mol. The average molecular weight is 370 g/mol. The van der Waals surface area contributed by atoms with Crippen LogP contribution in [0.1, 0.15) is 55.3 Å². The van der Waals surface area contributed by atoms with Gasteiger partial charge < -0.3 is 9.80 Å². The molecule has 0 saturated carbocycles. The number of rotatable bonds is 6. The first-order valence-corrected chi connectivity index (χ1v) is 9.53. The first-order valence-electron chi connectivity index (χ1n) is 9.53. The lowest BCUT2D eigenvalue weighted by molar-refractivity contribution is -0.131. The van der Waals surface area contributed by atoms with Crippen LogP contribution in [-0.4, -0.2) is 61.2 Å². The molecule has 27 heavy (non-hydrogen) atoms. The molecule has 1 aliphatic rings. The smallest absolute Gasteiger partial charge is 0.276 e. The predicted molar refractivity (Wildman–Crippen MR) is 99.8 cm³/mol. The highest BCUT2D eigenvalue weighted by Crippen LogP contribution is 2.30. The number of aromatic nitrogens is 4. The Morgan fingerprint density at radius 1 is 1.22 bits per heavy atom. The number of carbonyl (C=O) groups excluding carboxylic acids is 2. The highest BCUT2D eigenvalue weighted by Gasteiger charge is 2.31. The number of hydrogen-bond donors (Lipinski definition) is 0. The van der Waals surface area contributed by atoms with Gasteiger partial charge in [-0.15, -0.1) is 5.10 Å². The van der Waals surface area contributed by atoms with Gasteiger partial charge in [0.05, 0.1) is 17.9 Å². The summed E-state index contributed by atoms with van der Waals surface area (Å²) in [4.78, 5) is 33.2. The topological polar surface area (TPSA) is 84.2 Å². The third kappa shape index (κ3) is 4.32. The second-order valence-corrected chi connectivity index (χ2v) is 6.63. The van der Waals surface area contributed by atoms with Crippen LogP contribution in [0.5, 0.6) is 0 Å². The minimum Gasteiger partial charge on any atom is -0.342 e. The van der Waals surface area contributed by atoms with E-state index in [2.05, 4.69) is 15.3 Å². The Labute approximate surface area is 159 Å². The molecule has 2 aromatic rings. The molecule has 0 unspecified atom stereocenters. The highest BCUT2D eigenvalue weighted by atomic mass is 16.2. The van der Waals surface area contributed by atoms with E-state index in [1.165, 1.54) is 4.68 Å². The summed E-state index contributed by atoms with van der Waals surface area (Å²) in [6.45, 7) is 5.93. The standard InChI is InChI=1S/C19H26N6O2/c1-3-23(4-2)18(26)14-24-13-16(21-22-24)19(27)25-12-8-6-10-17(25)15-9-5-7-11-20-15/h5,7,9,11,13,17H,3-4,6,8,10,12,14H2,1-2H3/t17-/m1/s1. The van der Waals surface area contributed by atoms with Crippen LogP contribution in [0.4, 0.5) is 0 Å². The molecule has 2 amide bonds. The monoisotopic (exact) mass is 370 g/mol. The SMILES string of the molecule is CCN(CC)C(=O)Cn1cc(C(=O)N2CCCC[C@@H]2c2ccccn2)nn1. The van der Waals surface area contributed by atoms with Crippen molar-refractivity contribution in [2.45, 2.75) is 45.7 Å². The third-order valence-electron chi connectivity index (χ3n) is 4.96. The predicted octanol–water partition coefficient (Wildman–Crippen LogP) is 1.91. The van der Waals surface area contributed by atoms with Gasteiger partial charge in [-0.05, 0) is 45.2 Å². The van der Waals surface area contributed by atoms with Gasteiger partial charge in [0.25, 0.3) is 5.91 Å². The van der Waals surface area contributed by atoms with Crippen molar-refractivity contribution in [3.05, 3.63) is 42.0 Å². The Morgan fingerprint density at radius 2 is 2.04 bits per heavy atom. The van der Waals surface area contributed by atoms with Gasteiger partial charge in [0.1, 0.15) is 6.54 Å². The lowest BCUT2D eigenvalue weighted by Crippen LogP contribution is -2.39. The average Bonchev–Trinajstić information content (AvgIpc) is 3.17. The zero-order valence-electron chi connectivity index (χ0n) is 15.9. The molecular formula is C19H26N6O2. The van der Waals surface area contributed by atoms with Crippen molar-refractivity contribution in [3.63, 3.8) is 0 Å². The van der Waals surface area contributed by atoms with Gasteiger partial charge in [0.2, 0.25) is 5.91 Å². The van der Waals surface area contributed by atoms with E-state index in [9.17, 15) is 9.59 Å². The molecule has 8 heteroatoms. The molecule has 1 fully saturated rings. The fourth-order valence-corrected chi connectivity index (χ4v) is 3.49. The number of hydrogen-bond acceptors (Lipinski definition) is 5. The van der Waals surface area contributed by atoms with E-state index in [-0.39, 0.29) is 30.1 Å². The Bertz CT molecular complexity index is 772. The number of carbonyl (C=O) groups is 2. The molecule has 0 bridgehead atoms. The molecule has 1 atom stereocenters. The Kier molecular flexibility index (Phi) is 6.16. The number of likely N-dealkylation sites (tertiary alicyclic amines) is 1. The van der Waals surface area contributed by atoms with Crippen molar-refractivity contribution >= 4 is 11.8 Å². The van der Waals surface area contributed by atoms with Gasteiger partial charge in [-0.3, -0.25) is 14.6 Å². The fourth-order valence-electron chi connectivity index (χ4n) is 3.49. The van der Waals surface area contributed by atoms with E-state index in [1.54, 1.807) is 17.3 Å². The van der Waals surface area contributed by atoms with Crippen molar-refractivity contribution < 1.29 is 9.59 Å². The van der Waals surface area contributed by atoms with Gasteiger partial charge in [0, 0.05) is 25.8 Å². The lowest BCUT2D eigenvalue weighted by atomic mass is 9.98. The van der Waals surface area contributed by atoms with Crippen molar-refractivity contribution in [2.24, 2.45) is 0 Å². The van der Waals surface area contributed by atoms with Crippen LogP contribution >= 0.6 is 0 Å². The van der Waals surface area contributed by atoms with Crippen molar-refractivity contribution in [1.82, 2.24) is 29.8 Å². The summed E-state index contributed by atoms with van der Waals surface area (Å²) < 4.78 is 1.44. The summed E-state index contributed by atoms with van der Waals surface area (Å²) in [5, 5.41) is 7.99. The van der Waals surface area contributed by atoms with Crippen LogP contribution in [-0.2, 0) is 11.3 Å². The molecule has 0 N–H and O–H groups in total. The van der Waals surface area contributed by atoms with Gasteiger partial charge >= 0.3 is 0 Å². The van der Waals surface area contributed by atoms with Crippen LogP contribution in [0.3, 0.4) is 0 Å². The zero-order chi connectivity index (χ0) is 19.2. The van der Waals surface area contributed by atoms with Crippen molar-refractivity contribution in [1.29, 1.82) is 0 Å². The molecule has 0 radical (unpaired) electrons. The molecule has 144 valence electrons. The summed E-state index contributed by atoms with van der Waals surface area (Å²) in [5.41, 5.74) is 1.17. The first-order chi connectivity index (χ1) is 13.1. The van der Waals surface area contributed by atoms with Crippen LogP contribution in [0.25, 0.3) is 0 Å². The summed E-state index contributed by atoms with van der Waals surface area (Å²) in [7, 11) is 0. The van der Waals surface area contributed by atoms with Crippen LogP contribution in [0.2, 0.25) is 0 Å². The Balaban J connectivity index is 1.73. The van der Waals surface area contributed by atoms with E-state index in [0.717, 1.165) is 25.0 Å². The maximum Gasteiger partial charge on any atom is 0.276 e. The second kappa shape index (κ2) is 8.75. The maximum atomic E-state index is 13.0. The fraction of sp³-hybridized carbons (Fsp3) is 0.526. The molecule has 2 aromatic heterocycles. The summed E-state index contributed by atoms with van der Waals surface area (Å²) >= 11 is 0. The summed E-state index contributed by atoms with van der Waals surface area (Å²) in [6, 6.07) is 5.72. The largest absolute Gasteiger partial charge is 0.342 e. The molecule has 0 spiro atoms. The number of piperidine rings is 1.